The molecule has 1 heterocycles. The Morgan fingerprint density at radius 2 is 2.16 bits per heavy atom. The first-order valence-corrected chi connectivity index (χ1v) is 7.06. The Balaban J connectivity index is 1.96. The summed E-state index contributed by atoms with van der Waals surface area (Å²) in [5, 5.41) is 2.88. The minimum Gasteiger partial charge on any atom is -0.330 e. The van der Waals surface area contributed by atoms with Crippen molar-refractivity contribution in [3.63, 3.8) is 0 Å². The van der Waals surface area contributed by atoms with Crippen molar-refractivity contribution in [2.45, 2.75) is 45.4 Å². The molecular formula is C15H23N3O. The molecule has 2 rings (SSSR count). The molecular weight excluding hydrogens is 238 g/mol. The van der Waals surface area contributed by atoms with Crippen molar-refractivity contribution in [3.05, 3.63) is 23.9 Å². The molecule has 3 N–H and O–H groups in total. The van der Waals surface area contributed by atoms with Crippen molar-refractivity contribution in [2.24, 2.45) is 11.1 Å². The molecule has 1 aromatic heterocycles. The van der Waals surface area contributed by atoms with Gasteiger partial charge in [0.25, 0.3) is 0 Å². The number of rotatable bonds is 4. The summed E-state index contributed by atoms with van der Waals surface area (Å²) in [6, 6.07) is 3.80. The summed E-state index contributed by atoms with van der Waals surface area (Å²) in [6.07, 6.45) is 8.00. The summed E-state index contributed by atoms with van der Waals surface area (Å²) >= 11 is 0. The van der Waals surface area contributed by atoms with Crippen molar-refractivity contribution in [2.75, 3.05) is 11.9 Å². The van der Waals surface area contributed by atoms with E-state index < -0.39 is 0 Å². The van der Waals surface area contributed by atoms with Crippen molar-refractivity contribution in [1.29, 1.82) is 0 Å². The van der Waals surface area contributed by atoms with Crippen LogP contribution in [0, 0.1) is 12.3 Å². The van der Waals surface area contributed by atoms with Gasteiger partial charge >= 0.3 is 0 Å². The van der Waals surface area contributed by atoms with Crippen LogP contribution < -0.4 is 11.1 Å². The summed E-state index contributed by atoms with van der Waals surface area (Å²) < 4.78 is 0. The fraction of sp³-hybridized carbons (Fsp3) is 0.600. The third-order valence-electron chi connectivity index (χ3n) is 4.07. The molecule has 1 aliphatic carbocycles. The standard InChI is InChI=1S/C15H23N3O/c1-12-5-8-17-13(9-12)18-14(19)10-15(11-16)6-3-2-4-7-15/h5,8-9H,2-4,6-7,10-11,16H2,1H3,(H,17,18,19). The highest BCUT2D eigenvalue weighted by molar-refractivity contribution is 5.90. The highest BCUT2D eigenvalue weighted by atomic mass is 16.1. The average Bonchev–Trinajstić information content (AvgIpc) is 2.39. The van der Waals surface area contributed by atoms with Crippen molar-refractivity contribution in [3.8, 4) is 0 Å². The fourth-order valence-corrected chi connectivity index (χ4v) is 2.89. The molecule has 1 aliphatic rings. The van der Waals surface area contributed by atoms with E-state index in [1.54, 1.807) is 6.20 Å². The molecule has 1 amide bonds. The van der Waals surface area contributed by atoms with Gasteiger partial charge in [0.1, 0.15) is 5.82 Å². The van der Waals surface area contributed by atoms with Gasteiger partial charge in [0, 0.05) is 12.6 Å². The molecule has 0 spiro atoms. The van der Waals surface area contributed by atoms with Gasteiger partial charge in [-0.15, -0.1) is 0 Å². The van der Waals surface area contributed by atoms with Crippen LogP contribution in [0.5, 0.6) is 0 Å². The van der Waals surface area contributed by atoms with Crippen molar-refractivity contribution >= 4 is 11.7 Å². The molecule has 4 nitrogen and oxygen atoms in total. The third-order valence-corrected chi connectivity index (χ3v) is 4.07. The van der Waals surface area contributed by atoms with E-state index >= 15 is 0 Å². The number of hydrogen-bond donors (Lipinski definition) is 2. The van der Waals surface area contributed by atoms with Crippen LogP contribution in [-0.4, -0.2) is 17.4 Å². The number of hydrogen-bond acceptors (Lipinski definition) is 3. The van der Waals surface area contributed by atoms with Gasteiger partial charge in [-0.25, -0.2) is 4.98 Å². The zero-order valence-corrected chi connectivity index (χ0v) is 11.6. The molecule has 104 valence electrons. The summed E-state index contributed by atoms with van der Waals surface area (Å²) in [6.45, 7) is 2.58. The number of aromatic nitrogens is 1. The lowest BCUT2D eigenvalue weighted by Gasteiger charge is -2.35. The monoisotopic (exact) mass is 261 g/mol. The minimum absolute atomic E-state index is 0.00611. The summed E-state index contributed by atoms with van der Waals surface area (Å²) in [4.78, 5) is 16.3. The lowest BCUT2D eigenvalue weighted by Crippen LogP contribution is -2.36. The second-order valence-electron chi connectivity index (χ2n) is 5.71. The van der Waals surface area contributed by atoms with Crippen LogP contribution in [0.2, 0.25) is 0 Å². The van der Waals surface area contributed by atoms with Crippen LogP contribution in [0.25, 0.3) is 0 Å². The highest BCUT2D eigenvalue weighted by Gasteiger charge is 2.32. The maximum absolute atomic E-state index is 12.1. The molecule has 19 heavy (non-hydrogen) atoms. The molecule has 0 bridgehead atoms. The fourth-order valence-electron chi connectivity index (χ4n) is 2.89. The molecule has 1 saturated carbocycles. The van der Waals surface area contributed by atoms with Crippen molar-refractivity contribution < 1.29 is 4.79 Å². The van der Waals surface area contributed by atoms with Crippen LogP contribution in [0.3, 0.4) is 0 Å². The first-order valence-electron chi connectivity index (χ1n) is 7.06. The third kappa shape index (κ3) is 3.77. The Labute approximate surface area is 114 Å². The Morgan fingerprint density at radius 1 is 1.42 bits per heavy atom. The lowest BCUT2D eigenvalue weighted by molar-refractivity contribution is -0.118. The number of nitrogens with one attached hydrogen (secondary N) is 1. The molecule has 0 atom stereocenters. The number of anilines is 1. The Morgan fingerprint density at radius 3 is 2.79 bits per heavy atom. The molecule has 1 fully saturated rings. The summed E-state index contributed by atoms with van der Waals surface area (Å²) in [5.74, 6) is 0.665. The zero-order chi connectivity index (χ0) is 13.7. The second kappa shape index (κ2) is 6.15. The smallest absolute Gasteiger partial charge is 0.226 e. The molecule has 0 unspecified atom stereocenters. The quantitative estimate of drug-likeness (QED) is 0.875. The highest BCUT2D eigenvalue weighted by Crippen LogP contribution is 2.38. The van der Waals surface area contributed by atoms with Gasteiger partial charge in [-0.2, -0.15) is 0 Å². The SMILES string of the molecule is Cc1ccnc(NC(=O)CC2(CN)CCCCC2)c1. The molecule has 0 aliphatic heterocycles. The maximum atomic E-state index is 12.1. The van der Waals surface area contributed by atoms with E-state index in [9.17, 15) is 4.79 Å². The van der Waals surface area contributed by atoms with Gasteiger partial charge in [0.15, 0.2) is 0 Å². The van der Waals surface area contributed by atoms with E-state index in [0.29, 0.717) is 18.8 Å². The largest absolute Gasteiger partial charge is 0.330 e. The number of carbonyl (C=O) groups excluding carboxylic acids is 1. The van der Waals surface area contributed by atoms with Gasteiger partial charge in [-0.1, -0.05) is 19.3 Å². The molecule has 0 aromatic carbocycles. The van der Waals surface area contributed by atoms with Crippen molar-refractivity contribution in [1.82, 2.24) is 4.98 Å². The molecule has 1 aromatic rings. The van der Waals surface area contributed by atoms with Crippen LogP contribution in [0.1, 0.15) is 44.1 Å². The molecule has 0 saturated heterocycles. The van der Waals surface area contributed by atoms with E-state index in [4.69, 9.17) is 5.73 Å². The number of nitrogens with zero attached hydrogens (tertiary/aromatic N) is 1. The normalized spacial score (nSPS) is 18.0. The maximum Gasteiger partial charge on any atom is 0.226 e. The number of aryl methyl sites for hydroxylation is 1. The van der Waals surface area contributed by atoms with E-state index in [-0.39, 0.29) is 11.3 Å². The van der Waals surface area contributed by atoms with Crippen LogP contribution >= 0.6 is 0 Å². The summed E-state index contributed by atoms with van der Waals surface area (Å²) in [5.41, 5.74) is 7.01. The number of pyridine rings is 1. The predicted octanol–water partition coefficient (Wildman–Crippen LogP) is 2.63. The average molecular weight is 261 g/mol. The number of nitrogens with two attached hydrogens (primary N) is 1. The Hall–Kier alpha value is -1.42. The predicted molar refractivity (Wildman–Crippen MR) is 76.8 cm³/mol. The summed E-state index contributed by atoms with van der Waals surface area (Å²) in [7, 11) is 0. The number of amides is 1. The van der Waals surface area contributed by atoms with Crippen LogP contribution in [0.15, 0.2) is 18.3 Å². The Bertz CT molecular complexity index is 439. The van der Waals surface area contributed by atoms with Gasteiger partial charge in [-0.05, 0) is 49.4 Å². The Kier molecular flexibility index (Phi) is 4.53. The van der Waals surface area contributed by atoms with E-state index in [1.807, 2.05) is 19.1 Å². The van der Waals surface area contributed by atoms with Gasteiger partial charge in [-0.3, -0.25) is 4.79 Å². The zero-order valence-electron chi connectivity index (χ0n) is 11.6. The lowest BCUT2D eigenvalue weighted by atomic mass is 9.71. The van der Waals surface area contributed by atoms with Gasteiger partial charge in [0.2, 0.25) is 5.91 Å². The van der Waals surface area contributed by atoms with E-state index in [1.165, 1.54) is 19.3 Å². The number of carbonyl (C=O) groups is 1. The minimum atomic E-state index is 0.00611. The van der Waals surface area contributed by atoms with E-state index in [2.05, 4.69) is 10.3 Å². The first-order chi connectivity index (χ1) is 9.13. The van der Waals surface area contributed by atoms with Gasteiger partial charge < -0.3 is 11.1 Å². The van der Waals surface area contributed by atoms with Gasteiger partial charge in [0.05, 0.1) is 0 Å². The van der Waals surface area contributed by atoms with E-state index in [0.717, 1.165) is 18.4 Å². The molecule has 0 radical (unpaired) electrons. The second-order valence-corrected chi connectivity index (χ2v) is 5.71. The first kappa shape index (κ1) is 14.0. The van der Waals surface area contributed by atoms with Crippen LogP contribution in [-0.2, 0) is 4.79 Å². The topological polar surface area (TPSA) is 68.0 Å². The van der Waals surface area contributed by atoms with Crippen LogP contribution in [0.4, 0.5) is 5.82 Å². The molecule has 4 heteroatoms.